The predicted octanol–water partition coefficient (Wildman–Crippen LogP) is 5.28. The zero-order chi connectivity index (χ0) is 20.1. The van der Waals surface area contributed by atoms with Gasteiger partial charge >= 0.3 is 0 Å². The van der Waals surface area contributed by atoms with Gasteiger partial charge in [-0.15, -0.1) is 0 Å². The van der Waals surface area contributed by atoms with Gasteiger partial charge in [0.05, 0.1) is 7.11 Å². The molecule has 0 heterocycles. The average Bonchev–Trinajstić information content (AvgIpc) is 2.70. The van der Waals surface area contributed by atoms with Crippen LogP contribution < -0.4 is 14.8 Å². The van der Waals surface area contributed by atoms with E-state index >= 15 is 0 Å². The summed E-state index contributed by atoms with van der Waals surface area (Å²) in [5, 5.41) is 2.75. The maximum Gasteiger partial charge on any atom is 0.255 e. The van der Waals surface area contributed by atoms with E-state index < -0.39 is 0 Å². The normalized spacial score (nSPS) is 10.4. The lowest BCUT2D eigenvalue weighted by Gasteiger charge is -2.13. The minimum Gasteiger partial charge on any atom is -0.496 e. The number of hydrogen-bond donors (Lipinski definition) is 1. The van der Waals surface area contributed by atoms with Crippen molar-refractivity contribution in [1.29, 1.82) is 0 Å². The van der Waals surface area contributed by atoms with E-state index in [9.17, 15) is 9.18 Å². The number of halogens is 1. The third-order valence-electron chi connectivity index (χ3n) is 4.52. The molecule has 28 heavy (non-hydrogen) atoms. The Kier molecular flexibility index (Phi) is 5.94. The zero-order valence-corrected chi connectivity index (χ0v) is 16.1. The molecule has 0 aromatic heterocycles. The van der Waals surface area contributed by atoms with Gasteiger partial charge in [-0.05, 0) is 79.6 Å². The van der Waals surface area contributed by atoms with Crippen molar-refractivity contribution in [1.82, 2.24) is 0 Å². The predicted molar refractivity (Wildman–Crippen MR) is 108 cm³/mol. The molecule has 0 bridgehead atoms. The number of ether oxygens (including phenoxy) is 2. The molecule has 0 saturated carbocycles. The van der Waals surface area contributed by atoms with Crippen molar-refractivity contribution in [2.45, 2.75) is 20.5 Å². The number of anilines is 1. The second-order valence-electron chi connectivity index (χ2n) is 6.52. The van der Waals surface area contributed by atoms with E-state index in [1.165, 1.54) is 29.8 Å². The van der Waals surface area contributed by atoms with Gasteiger partial charge in [0.15, 0.2) is 0 Å². The highest BCUT2D eigenvalue weighted by Gasteiger charge is 2.12. The quantitative estimate of drug-likeness (QED) is 0.634. The van der Waals surface area contributed by atoms with Gasteiger partial charge in [-0.25, -0.2) is 4.39 Å². The number of carbonyl (C=O) groups excluding carboxylic acids is 1. The molecular weight excluding hydrogens is 357 g/mol. The first-order chi connectivity index (χ1) is 13.5. The number of rotatable bonds is 6. The molecule has 0 radical (unpaired) electrons. The van der Waals surface area contributed by atoms with Crippen LogP contribution in [0.15, 0.2) is 60.7 Å². The molecule has 1 N–H and O–H groups in total. The molecule has 0 saturated heterocycles. The summed E-state index contributed by atoms with van der Waals surface area (Å²) in [6.07, 6.45) is 0. The fraction of sp³-hybridized carbons (Fsp3) is 0.174. The Labute approximate surface area is 163 Å². The third kappa shape index (κ3) is 4.68. The Hall–Kier alpha value is -3.34. The second kappa shape index (κ2) is 8.57. The molecule has 3 aromatic carbocycles. The molecule has 1 amide bonds. The smallest absolute Gasteiger partial charge is 0.255 e. The lowest BCUT2D eigenvalue weighted by molar-refractivity contribution is 0.102. The van der Waals surface area contributed by atoms with Crippen LogP contribution in [0.2, 0.25) is 0 Å². The van der Waals surface area contributed by atoms with Crippen molar-refractivity contribution in [3.63, 3.8) is 0 Å². The summed E-state index contributed by atoms with van der Waals surface area (Å²) in [6, 6.07) is 16.7. The molecule has 0 aliphatic rings. The molecule has 3 aromatic rings. The Morgan fingerprint density at radius 1 is 0.964 bits per heavy atom. The molecular formula is C23H22FNO3. The van der Waals surface area contributed by atoms with Crippen molar-refractivity contribution >= 4 is 11.6 Å². The van der Waals surface area contributed by atoms with Gasteiger partial charge in [0, 0.05) is 16.8 Å². The monoisotopic (exact) mass is 379 g/mol. The Morgan fingerprint density at radius 3 is 2.39 bits per heavy atom. The molecule has 5 heteroatoms. The van der Waals surface area contributed by atoms with E-state index in [2.05, 4.69) is 5.32 Å². The van der Waals surface area contributed by atoms with E-state index in [1.54, 1.807) is 25.3 Å². The molecule has 0 aliphatic carbocycles. The van der Waals surface area contributed by atoms with Crippen LogP contribution in [0.5, 0.6) is 11.5 Å². The topological polar surface area (TPSA) is 47.6 Å². The highest BCUT2D eigenvalue weighted by Crippen LogP contribution is 2.24. The minimum absolute atomic E-state index is 0.267. The van der Waals surface area contributed by atoms with Crippen LogP contribution in [0, 0.1) is 19.7 Å². The summed E-state index contributed by atoms with van der Waals surface area (Å²) in [6.45, 7) is 4.35. The fourth-order valence-corrected chi connectivity index (χ4v) is 2.73. The summed E-state index contributed by atoms with van der Waals surface area (Å²) >= 11 is 0. The Bertz CT molecular complexity index is 984. The average molecular weight is 379 g/mol. The maximum atomic E-state index is 13.0. The summed E-state index contributed by atoms with van der Waals surface area (Å²) in [5.74, 6) is 0.753. The van der Waals surface area contributed by atoms with Crippen LogP contribution in [0.25, 0.3) is 0 Å². The Balaban J connectivity index is 1.76. The number of carbonyl (C=O) groups is 1. The summed E-state index contributed by atoms with van der Waals surface area (Å²) in [7, 11) is 1.58. The number of nitrogens with one attached hydrogen (secondary N) is 1. The lowest BCUT2D eigenvalue weighted by Crippen LogP contribution is -2.13. The second-order valence-corrected chi connectivity index (χ2v) is 6.52. The van der Waals surface area contributed by atoms with Crippen LogP contribution in [-0.2, 0) is 6.61 Å². The number of hydrogen-bond acceptors (Lipinski definition) is 3. The maximum absolute atomic E-state index is 13.0. The number of amides is 1. The standard InChI is InChI=1S/C23H22FNO3/c1-15-4-10-21(12-16(15)2)28-14-18-13-17(5-11-22(18)27-3)23(26)25-20-8-6-19(24)7-9-20/h4-13H,14H2,1-3H3,(H,25,26). The molecule has 0 atom stereocenters. The van der Waals surface area contributed by atoms with Gasteiger partial charge in [0.25, 0.3) is 5.91 Å². The van der Waals surface area contributed by atoms with Crippen LogP contribution >= 0.6 is 0 Å². The van der Waals surface area contributed by atoms with Crippen molar-refractivity contribution in [3.05, 3.63) is 88.7 Å². The van der Waals surface area contributed by atoms with Gasteiger partial charge in [-0.1, -0.05) is 6.07 Å². The molecule has 144 valence electrons. The van der Waals surface area contributed by atoms with Gasteiger partial charge in [-0.2, -0.15) is 0 Å². The van der Waals surface area contributed by atoms with Gasteiger partial charge < -0.3 is 14.8 Å². The number of methoxy groups -OCH3 is 1. The largest absolute Gasteiger partial charge is 0.496 e. The highest BCUT2D eigenvalue weighted by atomic mass is 19.1. The van der Waals surface area contributed by atoms with E-state index in [0.29, 0.717) is 17.0 Å². The first kappa shape index (κ1) is 19.4. The molecule has 3 rings (SSSR count). The summed E-state index contributed by atoms with van der Waals surface area (Å²) < 4.78 is 24.3. The van der Waals surface area contributed by atoms with E-state index in [-0.39, 0.29) is 18.3 Å². The minimum atomic E-state index is -0.353. The van der Waals surface area contributed by atoms with Crippen LogP contribution in [0.1, 0.15) is 27.0 Å². The Morgan fingerprint density at radius 2 is 1.71 bits per heavy atom. The van der Waals surface area contributed by atoms with Crippen LogP contribution in [0.4, 0.5) is 10.1 Å². The number of aryl methyl sites for hydroxylation is 2. The SMILES string of the molecule is COc1ccc(C(=O)Nc2ccc(F)cc2)cc1COc1ccc(C)c(C)c1. The van der Waals surface area contributed by atoms with Gasteiger partial charge in [0.2, 0.25) is 0 Å². The van der Waals surface area contributed by atoms with Crippen molar-refractivity contribution < 1.29 is 18.7 Å². The fourth-order valence-electron chi connectivity index (χ4n) is 2.73. The van der Waals surface area contributed by atoms with Crippen molar-refractivity contribution in [2.24, 2.45) is 0 Å². The molecule has 0 fully saturated rings. The first-order valence-corrected chi connectivity index (χ1v) is 8.90. The molecule has 0 aliphatic heterocycles. The van der Waals surface area contributed by atoms with Gasteiger partial charge in [0.1, 0.15) is 23.9 Å². The first-order valence-electron chi connectivity index (χ1n) is 8.90. The van der Waals surface area contributed by atoms with Gasteiger partial charge in [-0.3, -0.25) is 4.79 Å². The van der Waals surface area contributed by atoms with E-state index in [4.69, 9.17) is 9.47 Å². The lowest BCUT2D eigenvalue weighted by atomic mass is 10.1. The van der Waals surface area contributed by atoms with Crippen molar-refractivity contribution in [3.8, 4) is 11.5 Å². The summed E-state index contributed by atoms with van der Waals surface area (Å²) in [5.41, 5.74) is 4.09. The number of benzene rings is 3. The van der Waals surface area contributed by atoms with E-state index in [1.807, 2.05) is 32.0 Å². The molecule has 0 unspecified atom stereocenters. The van der Waals surface area contributed by atoms with E-state index in [0.717, 1.165) is 16.9 Å². The van der Waals surface area contributed by atoms with Crippen LogP contribution in [0.3, 0.4) is 0 Å². The van der Waals surface area contributed by atoms with Crippen molar-refractivity contribution in [2.75, 3.05) is 12.4 Å². The van der Waals surface area contributed by atoms with Crippen LogP contribution in [-0.4, -0.2) is 13.0 Å². The summed E-state index contributed by atoms with van der Waals surface area (Å²) in [4.78, 5) is 12.5. The molecule has 0 spiro atoms. The highest BCUT2D eigenvalue weighted by molar-refractivity contribution is 6.04. The zero-order valence-electron chi connectivity index (χ0n) is 16.1. The molecule has 4 nitrogen and oxygen atoms in total. The third-order valence-corrected chi connectivity index (χ3v) is 4.52.